The van der Waals surface area contributed by atoms with Gasteiger partial charge in [-0.25, -0.2) is 10.2 Å². The van der Waals surface area contributed by atoms with Gasteiger partial charge in [0.25, 0.3) is 5.91 Å². The van der Waals surface area contributed by atoms with E-state index in [0.29, 0.717) is 27.1 Å². The van der Waals surface area contributed by atoms with Crippen molar-refractivity contribution in [3.05, 3.63) is 58.1 Å². The Bertz CT molecular complexity index is 858. The minimum absolute atomic E-state index is 0.221. The highest BCUT2D eigenvalue weighted by atomic mass is 35.5. The summed E-state index contributed by atoms with van der Waals surface area (Å²) in [5.41, 5.74) is 2.91. The van der Waals surface area contributed by atoms with Gasteiger partial charge in [0, 0.05) is 10.6 Å². The van der Waals surface area contributed by atoms with E-state index in [0.717, 1.165) is 0 Å². The smallest absolute Gasteiger partial charge is 0.344 e. The van der Waals surface area contributed by atoms with Crippen LogP contribution in [0.5, 0.6) is 11.5 Å². The van der Waals surface area contributed by atoms with Crippen molar-refractivity contribution >= 4 is 41.3 Å². The lowest BCUT2D eigenvalue weighted by molar-refractivity contribution is -0.145. The van der Waals surface area contributed by atoms with E-state index in [1.165, 1.54) is 12.3 Å². The highest BCUT2D eigenvalue weighted by Gasteiger charge is 2.07. The minimum atomic E-state index is -0.479. The summed E-state index contributed by atoms with van der Waals surface area (Å²) < 4.78 is 15.5. The number of halogens is 2. The van der Waals surface area contributed by atoms with Crippen LogP contribution in [0, 0.1) is 0 Å². The minimum Gasteiger partial charge on any atom is -0.482 e. The summed E-state index contributed by atoms with van der Waals surface area (Å²) in [4.78, 5) is 23.2. The topological polar surface area (TPSA) is 86.2 Å². The van der Waals surface area contributed by atoms with Crippen LogP contribution in [0.15, 0.2) is 47.6 Å². The molecule has 1 N–H and O–H groups in total. The second-order valence-electron chi connectivity index (χ2n) is 5.29. The van der Waals surface area contributed by atoms with Crippen molar-refractivity contribution in [1.82, 2.24) is 5.43 Å². The number of carbonyl (C=O) groups is 2. The van der Waals surface area contributed by atoms with Crippen LogP contribution in [0.4, 0.5) is 0 Å². The number of benzene rings is 2. The maximum absolute atomic E-state index is 11.8. The van der Waals surface area contributed by atoms with E-state index in [1.807, 2.05) is 0 Å². The molecule has 0 unspecified atom stereocenters. The molecule has 0 spiro atoms. The van der Waals surface area contributed by atoms with Gasteiger partial charge in [0.05, 0.1) is 17.8 Å². The van der Waals surface area contributed by atoms with E-state index in [9.17, 15) is 9.59 Å². The Balaban J connectivity index is 1.86. The lowest BCUT2D eigenvalue weighted by Crippen LogP contribution is -2.24. The molecule has 0 heterocycles. The Morgan fingerprint density at radius 2 is 1.82 bits per heavy atom. The predicted molar refractivity (Wildman–Crippen MR) is 106 cm³/mol. The zero-order valence-corrected chi connectivity index (χ0v) is 16.5. The predicted octanol–water partition coefficient (Wildman–Crippen LogP) is 3.46. The first-order valence-corrected chi connectivity index (χ1v) is 9.02. The number of para-hydroxylation sites is 1. The Hall–Kier alpha value is -2.77. The number of hydrogen-bond acceptors (Lipinski definition) is 6. The van der Waals surface area contributed by atoms with Crippen molar-refractivity contribution in [3.63, 3.8) is 0 Å². The highest BCUT2D eigenvalue weighted by Crippen LogP contribution is 2.27. The zero-order chi connectivity index (χ0) is 20.4. The Labute approximate surface area is 172 Å². The maximum Gasteiger partial charge on any atom is 0.344 e. The summed E-state index contributed by atoms with van der Waals surface area (Å²) >= 11 is 11.8. The molecular weight excluding hydrogens is 407 g/mol. The standard InChI is InChI=1S/C19H18Cl2N2O5/c1-2-26-19(25)12-28-16-6-4-3-5-13(16)10-22-23-18(24)11-27-17-8-7-14(20)9-15(17)21/h3-10H,2,11-12H2,1H3,(H,23,24)/b22-10+. The van der Waals surface area contributed by atoms with Crippen molar-refractivity contribution in [1.29, 1.82) is 0 Å². The number of esters is 1. The Kier molecular flexibility index (Phi) is 8.58. The molecule has 2 aromatic carbocycles. The van der Waals surface area contributed by atoms with E-state index in [2.05, 4.69) is 10.5 Å². The summed E-state index contributed by atoms with van der Waals surface area (Å²) in [5, 5.41) is 4.63. The lowest BCUT2D eigenvalue weighted by Gasteiger charge is -2.08. The fourth-order valence-electron chi connectivity index (χ4n) is 2.00. The molecule has 0 aromatic heterocycles. The fourth-order valence-corrected chi connectivity index (χ4v) is 2.46. The van der Waals surface area contributed by atoms with Gasteiger partial charge in [-0.15, -0.1) is 0 Å². The Morgan fingerprint density at radius 1 is 1.07 bits per heavy atom. The molecule has 2 aromatic rings. The highest BCUT2D eigenvalue weighted by molar-refractivity contribution is 6.35. The van der Waals surface area contributed by atoms with Crippen molar-refractivity contribution in [3.8, 4) is 11.5 Å². The number of nitrogens with one attached hydrogen (secondary N) is 1. The third kappa shape index (κ3) is 7.09. The van der Waals surface area contributed by atoms with Gasteiger partial charge in [0.1, 0.15) is 11.5 Å². The van der Waals surface area contributed by atoms with Gasteiger partial charge in [-0.05, 0) is 37.3 Å². The van der Waals surface area contributed by atoms with E-state index in [4.69, 9.17) is 37.4 Å². The third-order valence-corrected chi connectivity index (χ3v) is 3.75. The molecule has 0 atom stereocenters. The normalized spacial score (nSPS) is 10.5. The quantitative estimate of drug-likeness (QED) is 0.378. The SMILES string of the molecule is CCOC(=O)COc1ccccc1/C=N/NC(=O)COc1ccc(Cl)cc1Cl. The number of carbonyl (C=O) groups excluding carboxylic acids is 2. The number of nitrogens with zero attached hydrogens (tertiary/aromatic N) is 1. The number of hydrogen-bond donors (Lipinski definition) is 1. The molecule has 7 nitrogen and oxygen atoms in total. The van der Waals surface area contributed by atoms with Crippen LogP contribution < -0.4 is 14.9 Å². The molecule has 0 aliphatic rings. The van der Waals surface area contributed by atoms with Gasteiger partial charge in [0.15, 0.2) is 13.2 Å². The molecule has 0 bridgehead atoms. The average molecular weight is 425 g/mol. The van der Waals surface area contributed by atoms with E-state index >= 15 is 0 Å². The van der Waals surface area contributed by atoms with E-state index < -0.39 is 11.9 Å². The maximum atomic E-state index is 11.8. The first-order chi connectivity index (χ1) is 13.5. The molecule has 28 heavy (non-hydrogen) atoms. The summed E-state index contributed by atoms with van der Waals surface area (Å²) in [6.07, 6.45) is 1.40. The van der Waals surface area contributed by atoms with Gasteiger partial charge in [-0.1, -0.05) is 35.3 Å². The van der Waals surface area contributed by atoms with Crippen LogP contribution in [0.1, 0.15) is 12.5 Å². The summed E-state index contributed by atoms with van der Waals surface area (Å²) in [6, 6.07) is 11.6. The first-order valence-electron chi connectivity index (χ1n) is 8.26. The van der Waals surface area contributed by atoms with Crippen molar-refractivity contribution in [2.75, 3.05) is 19.8 Å². The van der Waals surface area contributed by atoms with Gasteiger partial charge in [0.2, 0.25) is 0 Å². The molecule has 148 valence electrons. The van der Waals surface area contributed by atoms with E-state index in [1.54, 1.807) is 43.3 Å². The molecule has 0 fully saturated rings. The van der Waals surface area contributed by atoms with Gasteiger partial charge in [-0.2, -0.15) is 5.10 Å². The number of hydrazone groups is 1. The van der Waals surface area contributed by atoms with Crippen molar-refractivity contribution in [2.45, 2.75) is 6.92 Å². The van der Waals surface area contributed by atoms with Crippen LogP contribution in [-0.2, 0) is 14.3 Å². The van der Waals surface area contributed by atoms with E-state index in [-0.39, 0.29) is 19.8 Å². The van der Waals surface area contributed by atoms with Gasteiger partial charge < -0.3 is 14.2 Å². The lowest BCUT2D eigenvalue weighted by atomic mass is 10.2. The zero-order valence-electron chi connectivity index (χ0n) is 15.0. The molecule has 9 heteroatoms. The first kappa shape index (κ1) is 21.5. The molecule has 0 saturated carbocycles. The molecule has 0 aliphatic carbocycles. The second kappa shape index (κ2) is 11.2. The third-order valence-electron chi connectivity index (χ3n) is 3.22. The van der Waals surface area contributed by atoms with Gasteiger partial charge in [-0.3, -0.25) is 4.79 Å². The average Bonchev–Trinajstić information content (AvgIpc) is 2.67. The number of amides is 1. The molecule has 0 saturated heterocycles. The van der Waals surface area contributed by atoms with Crippen LogP contribution in [-0.4, -0.2) is 37.9 Å². The molecule has 0 aliphatic heterocycles. The van der Waals surface area contributed by atoms with Crippen LogP contribution in [0.3, 0.4) is 0 Å². The Morgan fingerprint density at radius 3 is 2.57 bits per heavy atom. The second-order valence-corrected chi connectivity index (χ2v) is 6.13. The summed E-state index contributed by atoms with van der Waals surface area (Å²) in [6.45, 7) is 1.49. The largest absolute Gasteiger partial charge is 0.482 e. The summed E-state index contributed by atoms with van der Waals surface area (Å²) in [7, 11) is 0. The van der Waals surface area contributed by atoms with Crippen LogP contribution in [0.25, 0.3) is 0 Å². The number of ether oxygens (including phenoxy) is 3. The molecule has 0 radical (unpaired) electrons. The molecule has 1 amide bonds. The fraction of sp³-hybridized carbons (Fsp3) is 0.211. The van der Waals surface area contributed by atoms with Crippen LogP contribution in [0.2, 0.25) is 10.0 Å². The molecular formula is C19H18Cl2N2O5. The monoisotopic (exact) mass is 424 g/mol. The van der Waals surface area contributed by atoms with Crippen LogP contribution >= 0.6 is 23.2 Å². The van der Waals surface area contributed by atoms with Crippen molar-refractivity contribution < 1.29 is 23.8 Å². The van der Waals surface area contributed by atoms with Crippen molar-refractivity contribution in [2.24, 2.45) is 5.10 Å². The molecule has 2 rings (SSSR count). The number of rotatable bonds is 9. The summed E-state index contributed by atoms with van der Waals surface area (Å²) in [5.74, 6) is -0.187. The van der Waals surface area contributed by atoms with Gasteiger partial charge >= 0.3 is 5.97 Å².